The van der Waals surface area contributed by atoms with Gasteiger partial charge in [0.25, 0.3) is 0 Å². The zero-order chi connectivity index (χ0) is 14.9. The average Bonchev–Trinajstić information content (AvgIpc) is 2.76. The fourth-order valence-electron chi connectivity index (χ4n) is 2.70. The monoisotopic (exact) mass is 292 g/mol. The Morgan fingerprint density at radius 1 is 1.14 bits per heavy atom. The van der Waals surface area contributed by atoms with Crippen LogP contribution in [0.5, 0.6) is 5.75 Å². The molecule has 2 rings (SSSR count). The summed E-state index contributed by atoms with van der Waals surface area (Å²) in [7, 11) is 1.74. The number of ether oxygens (including phenoxy) is 2. The Bertz CT molecular complexity index is 415. The number of methoxy groups -OCH3 is 1. The van der Waals surface area contributed by atoms with Crippen molar-refractivity contribution in [2.75, 3.05) is 51.4 Å². The molecule has 1 aromatic carbocycles. The highest BCUT2D eigenvalue weighted by Crippen LogP contribution is 2.25. The van der Waals surface area contributed by atoms with Crippen molar-refractivity contribution < 1.29 is 9.47 Å². The number of anilines is 1. The Morgan fingerprint density at radius 3 is 2.81 bits per heavy atom. The molecule has 1 saturated heterocycles. The summed E-state index contributed by atoms with van der Waals surface area (Å²) in [6.45, 7) is 8.14. The number of nitrogens with one attached hydrogen (secondary N) is 1. The second-order valence-corrected chi connectivity index (χ2v) is 5.59. The van der Waals surface area contributed by atoms with Crippen molar-refractivity contribution in [2.24, 2.45) is 0 Å². The van der Waals surface area contributed by atoms with E-state index in [1.165, 1.54) is 17.7 Å². The summed E-state index contributed by atoms with van der Waals surface area (Å²) in [5, 5.41) is 3.45. The molecule has 0 saturated carbocycles. The van der Waals surface area contributed by atoms with Crippen LogP contribution in [0.1, 0.15) is 24.8 Å². The standard InChI is InChI=1S/C17H28N2O2/c1-15-14-16(21-13-4-3-12-20-2)6-7-17(15)19-10-5-8-18-9-11-19/h6-7,14,18H,3-5,8-13H2,1-2H3. The van der Waals surface area contributed by atoms with Crippen molar-refractivity contribution >= 4 is 5.69 Å². The molecular formula is C17H28N2O2. The minimum Gasteiger partial charge on any atom is -0.494 e. The molecule has 0 atom stereocenters. The van der Waals surface area contributed by atoms with E-state index in [4.69, 9.17) is 9.47 Å². The van der Waals surface area contributed by atoms with Gasteiger partial charge in [0.05, 0.1) is 6.61 Å². The number of aryl methyl sites for hydroxylation is 1. The fourth-order valence-corrected chi connectivity index (χ4v) is 2.70. The fraction of sp³-hybridized carbons (Fsp3) is 0.647. The molecule has 1 heterocycles. The third-order valence-corrected chi connectivity index (χ3v) is 3.86. The zero-order valence-corrected chi connectivity index (χ0v) is 13.4. The van der Waals surface area contributed by atoms with Crippen molar-refractivity contribution in [1.29, 1.82) is 0 Å². The van der Waals surface area contributed by atoms with Crippen LogP contribution >= 0.6 is 0 Å². The molecule has 0 aromatic heterocycles. The van der Waals surface area contributed by atoms with Gasteiger partial charge in [-0.3, -0.25) is 0 Å². The lowest BCUT2D eigenvalue weighted by Gasteiger charge is -2.24. The first-order valence-corrected chi connectivity index (χ1v) is 7.99. The third-order valence-electron chi connectivity index (χ3n) is 3.86. The SMILES string of the molecule is COCCCCOc1ccc(N2CCCNCC2)c(C)c1. The summed E-state index contributed by atoms with van der Waals surface area (Å²) in [6, 6.07) is 6.45. The smallest absolute Gasteiger partial charge is 0.119 e. The molecule has 1 aromatic rings. The largest absolute Gasteiger partial charge is 0.494 e. The van der Waals surface area contributed by atoms with Gasteiger partial charge in [-0.1, -0.05) is 0 Å². The maximum atomic E-state index is 5.81. The average molecular weight is 292 g/mol. The number of hydrogen-bond acceptors (Lipinski definition) is 4. The number of hydrogen-bond donors (Lipinski definition) is 1. The highest BCUT2D eigenvalue weighted by Gasteiger charge is 2.12. The molecule has 21 heavy (non-hydrogen) atoms. The van der Waals surface area contributed by atoms with E-state index in [0.29, 0.717) is 0 Å². The van der Waals surface area contributed by atoms with E-state index in [0.717, 1.165) is 58.0 Å². The van der Waals surface area contributed by atoms with Crippen molar-refractivity contribution in [3.63, 3.8) is 0 Å². The second kappa shape index (κ2) is 8.90. The lowest BCUT2D eigenvalue weighted by molar-refractivity contribution is 0.184. The summed E-state index contributed by atoms with van der Waals surface area (Å²) >= 11 is 0. The minimum atomic E-state index is 0.760. The lowest BCUT2D eigenvalue weighted by atomic mass is 10.1. The molecule has 0 unspecified atom stereocenters. The first kappa shape index (κ1) is 16.1. The Balaban J connectivity index is 1.87. The van der Waals surface area contributed by atoms with Crippen LogP contribution in [0.25, 0.3) is 0 Å². The Hall–Kier alpha value is -1.26. The molecule has 118 valence electrons. The van der Waals surface area contributed by atoms with Crippen molar-refractivity contribution in [1.82, 2.24) is 5.32 Å². The molecule has 1 N–H and O–H groups in total. The number of benzene rings is 1. The van der Waals surface area contributed by atoms with E-state index in [1.54, 1.807) is 7.11 Å². The maximum absolute atomic E-state index is 5.81. The Kier molecular flexibility index (Phi) is 6.83. The summed E-state index contributed by atoms with van der Waals surface area (Å²) in [6.07, 6.45) is 3.29. The molecule has 0 spiro atoms. The molecule has 1 aliphatic rings. The van der Waals surface area contributed by atoms with Crippen LogP contribution in [0, 0.1) is 6.92 Å². The van der Waals surface area contributed by atoms with Crippen LogP contribution in [0.3, 0.4) is 0 Å². The molecule has 4 nitrogen and oxygen atoms in total. The lowest BCUT2D eigenvalue weighted by Crippen LogP contribution is -2.28. The summed E-state index contributed by atoms with van der Waals surface area (Å²) in [5.74, 6) is 0.974. The molecule has 1 aliphatic heterocycles. The highest BCUT2D eigenvalue weighted by molar-refractivity contribution is 5.56. The summed E-state index contributed by atoms with van der Waals surface area (Å²) < 4.78 is 10.9. The van der Waals surface area contributed by atoms with E-state index in [2.05, 4.69) is 35.3 Å². The van der Waals surface area contributed by atoms with Crippen molar-refractivity contribution in [2.45, 2.75) is 26.2 Å². The predicted octanol–water partition coefficient (Wildman–Crippen LogP) is 2.60. The Labute approximate surface area is 128 Å². The van der Waals surface area contributed by atoms with Crippen LogP contribution in [0.4, 0.5) is 5.69 Å². The minimum absolute atomic E-state index is 0.760. The van der Waals surface area contributed by atoms with Gasteiger partial charge in [-0.25, -0.2) is 0 Å². The number of unbranched alkanes of at least 4 members (excludes halogenated alkanes) is 1. The molecule has 1 fully saturated rings. The van der Waals surface area contributed by atoms with Gasteiger partial charge in [-0.2, -0.15) is 0 Å². The molecular weight excluding hydrogens is 264 g/mol. The molecule has 4 heteroatoms. The molecule has 0 radical (unpaired) electrons. The quantitative estimate of drug-likeness (QED) is 0.783. The van der Waals surface area contributed by atoms with Crippen LogP contribution in [0.2, 0.25) is 0 Å². The topological polar surface area (TPSA) is 33.7 Å². The van der Waals surface area contributed by atoms with Gasteiger partial charge in [0.15, 0.2) is 0 Å². The van der Waals surface area contributed by atoms with E-state index < -0.39 is 0 Å². The number of nitrogens with zero attached hydrogens (tertiary/aromatic N) is 1. The second-order valence-electron chi connectivity index (χ2n) is 5.59. The van der Waals surface area contributed by atoms with Gasteiger partial charge in [0.1, 0.15) is 5.75 Å². The van der Waals surface area contributed by atoms with Gasteiger partial charge >= 0.3 is 0 Å². The van der Waals surface area contributed by atoms with Crippen molar-refractivity contribution in [3.05, 3.63) is 23.8 Å². The van der Waals surface area contributed by atoms with E-state index in [9.17, 15) is 0 Å². The van der Waals surface area contributed by atoms with E-state index >= 15 is 0 Å². The predicted molar refractivity (Wildman–Crippen MR) is 87.5 cm³/mol. The normalized spacial score (nSPS) is 15.8. The summed E-state index contributed by atoms with van der Waals surface area (Å²) in [4.78, 5) is 2.47. The third kappa shape index (κ3) is 5.21. The van der Waals surface area contributed by atoms with Gasteiger partial charge in [0, 0.05) is 39.0 Å². The zero-order valence-electron chi connectivity index (χ0n) is 13.4. The highest BCUT2D eigenvalue weighted by atomic mass is 16.5. The van der Waals surface area contributed by atoms with Gasteiger partial charge in [0.2, 0.25) is 0 Å². The van der Waals surface area contributed by atoms with Crippen LogP contribution in [0.15, 0.2) is 18.2 Å². The van der Waals surface area contributed by atoms with Gasteiger partial charge in [-0.15, -0.1) is 0 Å². The summed E-state index contributed by atoms with van der Waals surface area (Å²) in [5.41, 5.74) is 2.64. The molecule has 0 aliphatic carbocycles. The Morgan fingerprint density at radius 2 is 2.00 bits per heavy atom. The van der Waals surface area contributed by atoms with E-state index in [1.807, 2.05) is 0 Å². The first-order chi connectivity index (χ1) is 10.3. The van der Waals surface area contributed by atoms with Gasteiger partial charge in [-0.05, 0) is 56.5 Å². The first-order valence-electron chi connectivity index (χ1n) is 7.99. The van der Waals surface area contributed by atoms with E-state index in [-0.39, 0.29) is 0 Å². The maximum Gasteiger partial charge on any atom is 0.119 e. The van der Waals surface area contributed by atoms with Gasteiger partial charge < -0.3 is 19.7 Å². The van der Waals surface area contributed by atoms with Crippen molar-refractivity contribution in [3.8, 4) is 5.75 Å². The van der Waals surface area contributed by atoms with Crippen LogP contribution < -0.4 is 15.0 Å². The molecule has 0 bridgehead atoms. The van der Waals surface area contributed by atoms with Crippen LogP contribution in [-0.2, 0) is 4.74 Å². The van der Waals surface area contributed by atoms with Crippen LogP contribution in [-0.4, -0.2) is 46.5 Å². The number of rotatable bonds is 7. The molecule has 0 amide bonds.